The zero-order valence-electron chi connectivity index (χ0n) is 15.7. The second kappa shape index (κ2) is 7.81. The number of benzene rings is 2. The Balaban J connectivity index is 1.50. The first-order chi connectivity index (χ1) is 13.1. The zero-order chi connectivity index (χ0) is 18.8. The monoisotopic (exact) mass is 366 g/mol. The van der Waals surface area contributed by atoms with Gasteiger partial charge in [-0.05, 0) is 73.8 Å². The number of amides is 1. The van der Waals surface area contributed by atoms with Crippen LogP contribution in [0, 0.1) is 23.6 Å². The Morgan fingerprint density at radius 1 is 1.04 bits per heavy atom. The summed E-state index contributed by atoms with van der Waals surface area (Å²) in [6, 6.07) is 15.6. The van der Waals surface area contributed by atoms with Gasteiger partial charge in [0.2, 0.25) is 5.91 Å². The summed E-state index contributed by atoms with van der Waals surface area (Å²) in [5, 5.41) is 6.53. The van der Waals surface area contributed by atoms with Crippen LogP contribution >= 0.6 is 0 Å². The fraction of sp³-hybridized carbons (Fsp3) is 0.435. The summed E-state index contributed by atoms with van der Waals surface area (Å²) in [4.78, 5) is 13.0. The minimum absolute atomic E-state index is 0.109. The molecule has 0 aromatic heterocycles. The molecule has 4 rings (SSSR count). The summed E-state index contributed by atoms with van der Waals surface area (Å²) >= 11 is 0. The average molecular weight is 366 g/mol. The quantitative estimate of drug-likeness (QED) is 0.762. The first-order valence-corrected chi connectivity index (χ1v) is 9.97. The number of rotatable bonds is 6. The molecule has 3 nitrogen and oxygen atoms in total. The Hall–Kier alpha value is -2.20. The standard InChI is InChI=1S/C23H27FN2O/c1-15(21-14-16-7-8-18(21)13-16)25-22(17-5-3-2-4-6-17)23(27)26-20-11-9-19(24)10-12-20/h2-6,9-12,15-16,18,21-22,25H,7-8,13-14H2,1H3,(H,26,27). The Morgan fingerprint density at radius 3 is 2.41 bits per heavy atom. The van der Waals surface area contributed by atoms with Gasteiger partial charge in [0.15, 0.2) is 0 Å². The van der Waals surface area contributed by atoms with E-state index in [1.54, 1.807) is 12.1 Å². The molecule has 2 saturated carbocycles. The third kappa shape index (κ3) is 4.06. The minimum atomic E-state index is -0.426. The van der Waals surface area contributed by atoms with Crippen molar-refractivity contribution in [2.75, 3.05) is 5.32 Å². The lowest BCUT2D eigenvalue weighted by molar-refractivity contribution is -0.118. The summed E-state index contributed by atoms with van der Waals surface area (Å²) in [5.74, 6) is 1.91. The van der Waals surface area contributed by atoms with Crippen LogP contribution in [0.5, 0.6) is 0 Å². The summed E-state index contributed by atoms with van der Waals surface area (Å²) in [7, 11) is 0. The molecule has 2 aromatic rings. The van der Waals surface area contributed by atoms with Gasteiger partial charge in [-0.15, -0.1) is 0 Å². The van der Waals surface area contributed by atoms with Gasteiger partial charge in [0.05, 0.1) is 0 Å². The van der Waals surface area contributed by atoms with Gasteiger partial charge in [0.25, 0.3) is 0 Å². The predicted molar refractivity (Wildman–Crippen MR) is 106 cm³/mol. The molecule has 4 heteroatoms. The number of carbonyl (C=O) groups excluding carboxylic acids is 1. The molecule has 2 fully saturated rings. The Bertz CT molecular complexity index is 777. The topological polar surface area (TPSA) is 41.1 Å². The van der Waals surface area contributed by atoms with E-state index in [2.05, 4.69) is 17.6 Å². The van der Waals surface area contributed by atoms with Gasteiger partial charge < -0.3 is 5.32 Å². The van der Waals surface area contributed by atoms with Crippen LogP contribution in [-0.2, 0) is 4.79 Å². The van der Waals surface area contributed by atoms with Gasteiger partial charge in [0.1, 0.15) is 11.9 Å². The van der Waals surface area contributed by atoms with E-state index in [1.807, 2.05) is 30.3 Å². The van der Waals surface area contributed by atoms with E-state index >= 15 is 0 Å². The molecule has 0 saturated heterocycles. The number of nitrogens with one attached hydrogen (secondary N) is 2. The maximum atomic E-state index is 13.1. The summed E-state index contributed by atoms with van der Waals surface area (Å²) in [6.45, 7) is 2.21. The Morgan fingerprint density at radius 2 is 1.78 bits per heavy atom. The second-order valence-corrected chi connectivity index (χ2v) is 8.13. The van der Waals surface area contributed by atoms with Crippen molar-refractivity contribution in [1.29, 1.82) is 0 Å². The van der Waals surface area contributed by atoms with Crippen molar-refractivity contribution >= 4 is 11.6 Å². The lowest BCUT2D eigenvalue weighted by Crippen LogP contribution is -2.43. The van der Waals surface area contributed by atoms with E-state index in [0.717, 1.165) is 17.4 Å². The molecule has 2 aliphatic carbocycles. The first-order valence-electron chi connectivity index (χ1n) is 9.97. The maximum absolute atomic E-state index is 13.1. The number of carbonyl (C=O) groups is 1. The maximum Gasteiger partial charge on any atom is 0.246 e. The van der Waals surface area contributed by atoms with E-state index in [-0.39, 0.29) is 17.8 Å². The van der Waals surface area contributed by atoms with Crippen LogP contribution in [0.3, 0.4) is 0 Å². The highest BCUT2D eigenvalue weighted by Gasteiger charge is 2.42. The van der Waals surface area contributed by atoms with Crippen LogP contribution < -0.4 is 10.6 Å². The van der Waals surface area contributed by atoms with Gasteiger partial charge in [0, 0.05) is 11.7 Å². The fourth-order valence-corrected chi connectivity index (χ4v) is 5.01. The van der Waals surface area contributed by atoms with Crippen LogP contribution in [-0.4, -0.2) is 11.9 Å². The lowest BCUT2D eigenvalue weighted by atomic mass is 9.83. The second-order valence-electron chi connectivity index (χ2n) is 8.13. The molecular weight excluding hydrogens is 339 g/mol. The molecule has 2 aromatic carbocycles. The molecule has 27 heavy (non-hydrogen) atoms. The highest BCUT2D eigenvalue weighted by molar-refractivity contribution is 5.95. The summed E-state index contributed by atoms with van der Waals surface area (Å²) in [6.07, 6.45) is 5.34. The van der Waals surface area contributed by atoms with Gasteiger partial charge >= 0.3 is 0 Å². The smallest absolute Gasteiger partial charge is 0.246 e. The van der Waals surface area contributed by atoms with E-state index in [9.17, 15) is 9.18 Å². The molecule has 2 aliphatic rings. The molecule has 0 spiro atoms. The minimum Gasteiger partial charge on any atom is -0.324 e. The summed E-state index contributed by atoms with van der Waals surface area (Å²) in [5.41, 5.74) is 1.56. The number of anilines is 1. The molecule has 1 amide bonds. The third-order valence-electron chi connectivity index (χ3n) is 6.37. The van der Waals surface area contributed by atoms with Gasteiger partial charge in [-0.25, -0.2) is 4.39 Å². The van der Waals surface area contributed by atoms with Gasteiger partial charge in [-0.2, -0.15) is 0 Å². The third-order valence-corrected chi connectivity index (χ3v) is 6.37. The molecular formula is C23H27FN2O. The lowest BCUT2D eigenvalue weighted by Gasteiger charge is -2.32. The zero-order valence-corrected chi connectivity index (χ0v) is 15.7. The first kappa shape index (κ1) is 18.2. The molecule has 5 atom stereocenters. The predicted octanol–water partition coefficient (Wildman–Crippen LogP) is 4.92. The number of halogens is 1. The SMILES string of the molecule is CC(NC(C(=O)Nc1ccc(F)cc1)c1ccccc1)C1CC2CCC1C2. The van der Waals surface area contributed by atoms with Crippen LogP contribution in [0.1, 0.15) is 44.2 Å². The van der Waals surface area contributed by atoms with E-state index in [4.69, 9.17) is 0 Å². The molecule has 2 bridgehead atoms. The molecule has 142 valence electrons. The molecule has 0 heterocycles. The van der Waals surface area contributed by atoms with Crippen molar-refractivity contribution in [2.24, 2.45) is 17.8 Å². The van der Waals surface area contributed by atoms with Crippen LogP contribution in [0.4, 0.5) is 10.1 Å². The number of fused-ring (bicyclic) bond motifs is 2. The fourth-order valence-electron chi connectivity index (χ4n) is 5.01. The summed E-state index contributed by atoms with van der Waals surface area (Å²) < 4.78 is 13.1. The van der Waals surface area contributed by atoms with Crippen LogP contribution in [0.15, 0.2) is 54.6 Å². The molecule has 0 aliphatic heterocycles. The largest absolute Gasteiger partial charge is 0.324 e. The Kier molecular flexibility index (Phi) is 5.26. The molecule has 2 N–H and O–H groups in total. The van der Waals surface area contributed by atoms with Crippen molar-refractivity contribution < 1.29 is 9.18 Å². The molecule has 0 radical (unpaired) electrons. The van der Waals surface area contributed by atoms with E-state index in [1.165, 1.54) is 37.8 Å². The van der Waals surface area contributed by atoms with E-state index in [0.29, 0.717) is 11.6 Å². The van der Waals surface area contributed by atoms with Crippen molar-refractivity contribution in [3.63, 3.8) is 0 Å². The normalized spacial score (nSPS) is 25.9. The molecule has 5 unspecified atom stereocenters. The van der Waals surface area contributed by atoms with Crippen molar-refractivity contribution in [3.8, 4) is 0 Å². The average Bonchev–Trinajstić information content (AvgIpc) is 3.32. The number of hydrogen-bond donors (Lipinski definition) is 2. The van der Waals surface area contributed by atoms with E-state index < -0.39 is 6.04 Å². The highest BCUT2D eigenvalue weighted by atomic mass is 19.1. The van der Waals surface area contributed by atoms with Gasteiger partial charge in [-0.1, -0.05) is 36.8 Å². The van der Waals surface area contributed by atoms with Gasteiger partial charge in [-0.3, -0.25) is 10.1 Å². The van der Waals surface area contributed by atoms with Crippen molar-refractivity contribution in [1.82, 2.24) is 5.32 Å². The van der Waals surface area contributed by atoms with Crippen LogP contribution in [0.25, 0.3) is 0 Å². The van der Waals surface area contributed by atoms with Crippen molar-refractivity contribution in [2.45, 2.75) is 44.7 Å². The number of hydrogen-bond acceptors (Lipinski definition) is 2. The Labute approximate surface area is 160 Å². The van der Waals surface area contributed by atoms with Crippen molar-refractivity contribution in [3.05, 3.63) is 66.0 Å². The van der Waals surface area contributed by atoms with Crippen LogP contribution in [0.2, 0.25) is 0 Å². The highest BCUT2D eigenvalue weighted by Crippen LogP contribution is 2.49.